The fraction of sp³-hybridized carbons (Fsp3) is 0.571. The summed E-state index contributed by atoms with van der Waals surface area (Å²) in [6, 6.07) is 7.39. The Morgan fingerprint density at radius 2 is 2.05 bits per heavy atom. The molecule has 1 atom stereocenters. The Bertz CT molecular complexity index is 525. The molecule has 4 nitrogen and oxygen atoms in total. The van der Waals surface area contributed by atoms with Crippen LogP contribution in [0.3, 0.4) is 0 Å². The van der Waals surface area contributed by atoms with Crippen LogP contribution in [0.15, 0.2) is 29.2 Å². The molecule has 1 unspecified atom stereocenters. The number of anilines is 1. The maximum Gasteiger partial charge on any atom is 0.177 e. The third kappa shape index (κ3) is 3.28. The number of hydrogen-bond donors (Lipinski definition) is 1. The molecule has 0 bridgehead atoms. The van der Waals surface area contributed by atoms with Crippen molar-refractivity contribution in [2.45, 2.75) is 36.6 Å². The van der Waals surface area contributed by atoms with Crippen LogP contribution in [0.4, 0.5) is 5.69 Å². The smallest absolute Gasteiger partial charge is 0.177 e. The van der Waals surface area contributed by atoms with Gasteiger partial charge in [-0.05, 0) is 37.8 Å². The van der Waals surface area contributed by atoms with E-state index in [4.69, 9.17) is 5.11 Å². The molecule has 0 radical (unpaired) electrons. The molecule has 106 valence electrons. The molecule has 0 aromatic heterocycles. The molecule has 1 fully saturated rings. The molecule has 19 heavy (non-hydrogen) atoms. The summed E-state index contributed by atoms with van der Waals surface area (Å²) in [5.74, 6) is 0. The zero-order chi connectivity index (χ0) is 13.9. The molecular formula is C14H21NO3S. The van der Waals surface area contributed by atoms with Gasteiger partial charge in [0, 0.05) is 25.4 Å². The second kappa shape index (κ2) is 5.92. The van der Waals surface area contributed by atoms with Gasteiger partial charge in [-0.15, -0.1) is 0 Å². The summed E-state index contributed by atoms with van der Waals surface area (Å²) in [5, 5.41) is 9.17. The summed E-state index contributed by atoms with van der Waals surface area (Å²) in [6.07, 6.45) is 5.16. The van der Waals surface area contributed by atoms with Crippen LogP contribution < -0.4 is 4.90 Å². The number of rotatable bonds is 4. The van der Waals surface area contributed by atoms with E-state index in [0.29, 0.717) is 11.3 Å². The van der Waals surface area contributed by atoms with Crippen molar-refractivity contribution < 1.29 is 13.5 Å². The molecule has 0 saturated carbocycles. The van der Waals surface area contributed by atoms with Crippen molar-refractivity contribution in [1.29, 1.82) is 0 Å². The number of aliphatic hydroxyl groups excluding tert-OH is 1. The van der Waals surface area contributed by atoms with Crippen LogP contribution >= 0.6 is 0 Å². The highest BCUT2D eigenvalue weighted by atomic mass is 32.2. The van der Waals surface area contributed by atoms with Crippen LogP contribution in [-0.4, -0.2) is 39.0 Å². The van der Waals surface area contributed by atoms with Gasteiger partial charge < -0.3 is 10.0 Å². The van der Waals surface area contributed by atoms with Gasteiger partial charge >= 0.3 is 0 Å². The predicted molar refractivity (Wildman–Crippen MR) is 76.2 cm³/mol. The van der Waals surface area contributed by atoms with Crippen molar-refractivity contribution >= 4 is 15.5 Å². The van der Waals surface area contributed by atoms with Crippen molar-refractivity contribution in [1.82, 2.24) is 0 Å². The summed E-state index contributed by atoms with van der Waals surface area (Å²) in [7, 11) is -3.23. The van der Waals surface area contributed by atoms with E-state index in [1.54, 1.807) is 12.1 Å². The minimum Gasteiger partial charge on any atom is -0.396 e. The van der Waals surface area contributed by atoms with E-state index in [9.17, 15) is 8.42 Å². The second-order valence-corrected chi connectivity index (χ2v) is 7.08. The fourth-order valence-corrected chi connectivity index (χ4v) is 3.67. The van der Waals surface area contributed by atoms with Gasteiger partial charge in [0.2, 0.25) is 0 Å². The van der Waals surface area contributed by atoms with Gasteiger partial charge in [0.1, 0.15) is 0 Å². The summed E-state index contributed by atoms with van der Waals surface area (Å²) in [5.41, 5.74) is 0.781. The predicted octanol–water partition coefficient (Wildman–Crippen LogP) is 1.83. The van der Waals surface area contributed by atoms with E-state index < -0.39 is 9.84 Å². The van der Waals surface area contributed by atoms with Gasteiger partial charge in [-0.2, -0.15) is 0 Å². The number of benzene rings is 1. The first-order valence-corrected chi connectivity index (χ1v) is 8.60. The van der Waals surface area contributed by atoms with Crippen molar-refractivity contribution in [2.24, 2.45) is 0 Å². The third-order valence-electron chi connectivity index (χ3n) is 3.66. The van der Waals surface area contributed by atoms with E-state index >= 15 is 0 Å². The van der Waals surface area contributed by atoms with E-state index in [0.717, 1.165) is 31.5 Å². The van der Waals surface area contributed by atoms with E-state index in [1.807, 2.05) is 12.1 Å². The maximum atomic E-state index is 11.9. The number of piperidine rings is 1. The zero-order valence-corrected chi connectivity index (χ0v) is 12.1. The Morgan fingerprint density at radius 1 is 1.32 bits per heavy atom. The van der Waals surface area contributed by atoms with Gasteiger partial charge in [-0.25, -0.2) is 8.42 Å². The Labute approximate surface area is 115 Å². The molecule has 1 aliphatic rings. The molecule has 1 heterocycles. The number of hydrogen-bond acceptors (Lipinski definition) is 4. The molecule has 5 heteroatoms. The molecule has 1 N–H and O–H groups in total. The lowest BCUT2D eigenvalue weighted by atomic mass is 9.99. The molecule has 1 aromatic rings. The first-order chi connectivity index (χ1) is 9.04. The molecule has 0 aliphatic carbocycles. The van der Waals surface area contributed by atoms with E-state index in [-0.39, 0.29) is 12.6 Å². The summed E-state index contributed by atoms with van der Waals surface area (Å²) >= 11 is 0. The van der Waals surface area contributed by atoms with Gasteiger partial charge in [0.15, 0.2) is 9.84 Å². The largest absolute Gasteiger partial charge is 0.396 e. The third-order valence-corrected chi connectivity index (χ3v) is 4.81. The molecule has 2 rings (SSSR count). The minimum absolute atomic E-state index is 0.141. The van der Waals surface area contributed by atoms with Crippen molar-refractivity contribution in [3.05, 3.63) is 24.3 Å². The minimum atomic E-state index is -3.23. The van der Waals surface area contributed by atoms with Crippen LogP contribution in [0.2, 0.25) is 0 Å². The molecule has 1 saturated heterocycles. The fourth-order valence-electron chi connectivity index (χ4n) is 2.77. The average Bonchev–Trinajstić information content (AvgIpc) is 2.39. The number of nitrogens with zero attached hydrogens (tertiary/aromatic N) is 1. The van der Waals surface area contributed by atoms with Gasteiger partial charge in [0.05, 0.1) is 10.6 Å². The summed E-state index contributed by atoms with van der Waals surface area (Å²) in [4.78, 5) is 2.54. The number of sulfone groups is 1. The second-order valence-electron chi connectivity index (χ2n) is 5.10. The molecule has 0 amide bonds. The van der Waals surface area contributed by atoms with Gasteiger partial charge in [0.25, 0.3) is 0 Å². The van der Waals surface area contributed by atoms with Crippen LogP contribution in [0, 0.1) is 0 Å². The lowest BCUT2D eigenvalue weighted by Crippen LogP contribution is -2.40. The first-order valence-electron chi connectivity index (χ1n) is 6.70. The molecular weight excluding hydrogens is 262 g/mol. The van der Waals surface area contributed by atoms with Crippen molar-refractivity contribution in [3.8, 4) is 0 Å². The molecule has 1 aliphatic heterocycles. The summed E-state index contributed by atoms with van der Waals surface area (Å²) < 4.78 is 23.8. The summed E-state index contributed by atoms with van der Waals surface area (Å²) in [6.45, 7) is 0.999. The highest BCUT2D eigenvalue weighted by Crippen LogP contribution is 2.31. The Hall–Kier alpha value is -1.07. The number of aliphatic hydroxyl groups is 1. The Kier molecular flexibility index (Phi) is 4.47. The van der Waals surface area contributed by atoms with Crippen LogP contribution in [0.1, 0.15) is 25.7 Å². The standard InChI is InChI=1S/C14H21NO3S/c1-19(17,18)14-8-3-2-7-13(14)15-10-5-4-6-12(15)9-11-16/h2-3,7-8,12,16H,4-6,9-11H2,1H3. The monoisotopic (exact) mass is 283 g/mol. The lowest BCUT2D eigenvalue weighted by molar-refractivity contribution is 0.262. The average molecular weight is 283 g/mol. The maximum absolute atomic E-state index is 11.9. The Balaban J connectivity index is 2.39. The zero-order valence-electron chi connectivity index (χ0n) is 11.2. The Morgan fingerprint density at radius 3 is 2.74 bits per heavy atom. The van der Waals surface area contributed by atoms with Crippen molar-refractivity contribution in [3.63, 3.8) is 0 Å². The van der Waals surface area contributed by atoms with Crippen LogP contribution in [0.5, 0.6) is 0 Å². The normalized spacial score (nSPS) is 20.5. The highest BCUT2D eigenvalue weighted by Gasteiger charge is 2.26. The topological polar surface area (TPSA) is 57.6 Å². The first kappa shape index (κ1) is 14.3. The van der Waals surface area contributed by atoms with Gasteiger partial charge in [-0.3, -0.25) is 0 Å². The highest BCUT2D eigenvalue weighted by molar-refractivity contribution is 7.90. The molecule has 0 spiro atoms. The lowest BCUT2D eigenvalue weighted by Gasteiger charge is -2.38. The van der Waals surface area contributed by atoms with Gasteiger partial charge in [-0.1, -0.05) is 12.1 Å². The SMILES string of the molecule is CS(=O)(=O)c1ccccc1N1CCCCC1CCO. The molecule has 1 aromatic carbocycles. The van der Waals surface area contributed by atoms with E-state index in [1.165, 1.54) is 6.26 Å². The van der Waals surface area contributed by atoms with Crippen LogP contribution in [0.25, 0.3) is 0 Å². The van der Waals surface area contributed by atoms with Crippen molar-refractivity contribution in [2.75, 3.05) is 24.3 Å². The van der Waals surface area contributed by atoms with Crippen LogP contribution in [-0.2, 0) is 9.84 Å². The quantitative estimate of drug-likeness (QED) is 0.916. The van der Waals surface area contributed by atoms with E-state index in [2.05, 4.69) is 4.90 Å². The number of para-hydroxylation sites is 1.